The third-order valence-corrected chi connectivity index (χ3v) is 3.45. The molecule has 0 heterocycles. The van der Waals surface area contributed by atoms with Crippen molar-refractivity contribution in [1.82, 2.24) is 0 Å². The molecule has 2 aromatic carbocycles. The molecule has 5 nitrogen and oxygen atoms in total. The van der Waals surface area contributed by atoms with E-state index in [1.54, 1.807) is 24.3 Å². The lowest BCUT2D eigenvalue weighted by atomic mass is 10.2. The number of benzene rings is 2. The van der Waals surface area contributed by atoms with Crippen molar-refractivity contribution in [3.05, 3.63) is 58.1 Å². The van der Waals surface area contributed by atoms with Gasteiger partial charge in [0.05, 0.1) is 5.56 Å². The Morgan fingerprint density at radius 3 is 2.48 bits per heavy atom. The Bertz CT molecular complexity index is 750. The number of anilines is 2. The van der Waals surface area contributed by atoms with E-state index in [0.717, 1.165) is 0 Å². The summed E-state index contributed by atoms with van der Waals surface area (Å²) in [6, 6.07) is 11.1. The molecule has 23 heavy (non-hydrogen) atoms. The molecule has 1 amide bonds. The van der Waals surface area contributed by atoms with Crippen molar-refractivity contribution in [3.8, 4) is 0 Å². The number of nitrogens with one attached hydrogen (secondary N) is 1. The highest BCUT2D eigenvalue weighted by Gasteiger charge is 2.20. The van der Waals surface area contributed by atoms with Crippen LogP contribution >= 0.6 is 23.2 Å². The number of ether oxygens (including phenoxy) is 1. The van der Waals surface area contributed by atoms with Crippen LogP contribution in [0.5, 0.6) is 0 Å². The van der Waals surface area contributed by atoms with Crippen molar-refractivity contribution in [1.29, 1.82) is 0 Å². The number of hydrogen-bond acceptors (Lipinski definition) is 4. The minimum absolute atomic E-state index is 0.150. The molecule has 0 saturated heterocycles. The smallest absolute Gasteiger partial charge is 0.341 e. The third-order valence-electron chi connectivity index (χ3n) is 2.98. The summed E-state index contributed by atoms with van der Waals surface area (Å²) < 4.78 is 5.11. The summed E-state index contributed by atoms with van der Waals surface area (Å²) >= 11 is 11.6. The first kappa shape index (κ1) is 17.1. The lowest BCUT2D eigenvalue weighted by Crippen LogP contribution is -2.30. The van der Waals surface area contributed by atoms with E-state index in [4.69, 9.17) is 33.7 Å². The van der Waals surface area contributed by atoms with E-state index in [1.165, 1.54) is 25.1 Å². The fraction of sp³-hybridized carbons (Fsp3) is 0.125. The maximum absolute atomic E-state index is 12.1. The SMILES string of the molecule is C[C@@H](OC(=O)c1ccc(Cl)cc1N)C(=O)Nc1cccc(Cl)c1. The van der Waals surface area contributed by atoms with Crippen LogP contribution in [0.3, 0.4) is 0 Å². The summed E-state index contributed by atoms with van der Waals surface area (Å²) in [4.78, 5) is 24.1. The molecule has 0 radical (unpaired) electrons. The van der Waals surface area contributed by atoms with Gasteiger partial charge in [-0.25, -0.2) is 4.79 Å². The van der Waals surface area contributed by atoms with E-state index in [0.29, 0.717) is 15.7 Å². The van der Waals surface area contributed by atoms with E-state index in [2.05, 4.69) is 5.32 Å². The van der Waals surface area contributed by atoms with Crippen LogP contribution in [-0.4, -0.2) is 18.0 Å². The Balaban J connectivity index is 2.01. The van der Waals surface area contributed by atoms with Gasteiger partial charge in [-0.3, -0.25) is 4.79 Å². The van der Waals surface area contributed by atoms with Gasteiger partial charge in [0, 0.05) is 21.4 Å². The number of nitrogen functional groups attached to an aromatic ring is 1. The lowest BCUT2D eigenvalue weighted by molar-refractivity contribution is -0.123. The van der Waals surface area contributed by atoms with Gasteiger partial charge >= 0.3 is 5.97 Å². The lowest BCUT2D eigenvalue weighted by Gasteiger charge is -2.14. The van der Waals surface area contributed by atoms with E-state index >= 15 is 0 Å². The Morgan fingerprint density at radius 1 is 1.13 bits per heavy atom. The number of amides is 1. The van der Waals surface area contributed by atoms with Gasteiger partial charge < -0.3 is 15.8 Å². The van der Waals surface area contributed by atoms with Crippen LogP contribution in [0.15, 0.2) is 42.5 Å². The number of esters is 1. The molecule has 0 fully saturated rings. The van der Waals surface area contributed by atoms with Gasteiger partial charge in [-0.1, -0.05) is 29.3 Å². The molecule has 0 saturated carbocycles. The molecule has 0 spiro atoms. The predicted molar refractivity (Wildman–Crippen MR) is 90.8 cm³/mol. The molecule has 2 aromatic rings. The Labute approximate surface area is 143 Å². The van der Waals surface area contributed by atoms with Crippen LogP contribution in [0.25, 0.3) is 0 Å². The van der Waals surface area contributed by atoms with Gasteiger partial charge in [0.2, 0.25) is 0 Å². The van der Waals surface area contributed by atoms with Crippen LogP contribution in [0.2, 0.25) is 10.0 Å². The van der Waals surface area contributed by atoms with E-state index in [1.807, 2.05) is 0 Å². The highest BCUT2D eigenvalue weighted by atomic mass is 35.5. The average Bonchev–Trinajstić information content (AvgIpc) is 2.46. The summed E-state index contributed by atoms with van der Waals surface area (Å²) in [6.45, 7) is 1.46. The summed E-state index contributed by atoms with van der Waals surface area (Å²) in [5, 5.41) is 3.51. The standard InChI is InChI=1S/C16H14Cl2N2O3/c1-9(15(21)20-12-4-2-3-10(17)7-12)23-16(22)13-6-5-11(18)8-14(13)19/h2-9H,19H2,1H3,(H,20,21)/t9-/m1/s1. The van der Waals surface area contributed by atoms with Crippen LogP contribution in [-0.2, 0) is 9.53 Å². The fourth-order valence-corrected chi connectivity index (χ4v) is 2.18. The zero-order chi connectivity index (χ0) is 17.0. The van der Waals surface area contributed by atoms with E-state index in [9.17, 15) is 9.59 Å². The quantitative estimate of drug-likeness (QED) is 0.648. The number of carbonyl (C=O) groups excluding carboxylic acids is 2. The number of carbonyl (C=O) groups is 2. The van der Waals surface area contributed by atoms with Crippen molar-refractivity contribution in [3.63, 3.8) is 0 Å². The molecule has 3 N–H and O–H groups in total. The Morgan fingerprint density at radius 2 is 1.83 bits per heavy atom. The second kappa shape index (κ2) is 7.35. The molecule has 0 aromatic heterocycles. The van der Waals surface area contributed by atoms with Gasteiger partial charge in [0.15, 0.2) is 6.10 Å². The first-order valence-electron chi connectivity index (χ1n) is 6.69. The van der Waals surface area contributed by atoms with Gasteiger partial charge in [-0.15, -0.1) is 0 Å². The van der Waals surface area contributed by atoms with Crippen LogP contribution in [0.4, 0.5) is 11.4 Å². The van der Waals surface area contributed by atoms with Crippen LogP contribution in [0, 0.1) is 0 Å². The summed E-state index contributed by atoms with van der Waals surface area (Å²) in [5.74, 6) is -1.18. The van der Waals surface area contributed by atoms with Crippen molar-refractivity contribution in [2.75, 3.05) is 11.1 Å². The molecule has 120 valence electrons. The van der Waals surface area contributed by atoms with Crippen molar-refractivity contribution >= 4 is 46.5 Å². The summed E-state index contributed by atoms with van der Waals surface area (Å²) in [7, 11) is 0. The first-order valence-corrected chi connectivity index (χ1v) is 7.45. The number of nitrogens with two attached hydrogens (primary N) is 1. The second-order valence-corrected chi connectivity index (χ2v) is 5.65. The molecular weight excluding hydrogens is 339 g/mol. The third kappa shape index (κ3) is 4.61. The Kier molecular flexibility index (Phi) is 5.47. The van der Waals surface area contributed by atoms with E-state index in [-0.39, 0.29) is 11.3 Å². The molecule has 0 aliphatic heterocycles. The highest BCUT2D eigenvalue weighted by molar-refractivity contribution is 6.31. The van der Waals surface area contributed by atoms with Crippen LogP contribution < -0.4 is 11.1 Å². The molecule has 7 heteroatoms. The molecule has 2 rings (SSSR count). The molecule has 1 atom stereocenters. The fourth-order valence-electron chi connectivity index (χ4n) is 1.81. The summed E-state index contributed by atoms with van der Waals surface area (Å²) in [5.41, 5.74) is 6.56. The minimum atomic E-state index is -1.00. The van der Waals surface area contributed by atoms with Gasteiger partial charge in [0.25, 0.3) is 5.91 Å². The minimum Gasteiger partial charge on any atom is -0.449 e. The summed E-state index contributed by atoms with van der Waals surface area (Å²) in [6.07, 6.45) is -1.00. The maximum Gasteiger partial charge on any atom is 0.341 e. The zero-order valence-electron chi connectivity index (χ0n) is 12.2. The van der Waals surface area contributed by atoms with Gasteiger partial charge in [0.1, 0.15) is 0 Å². The zero-order valence-corrected chi connectivity index (χ0v) is 13.7. The number of rotatable bonds is 4. The molecule has 0 aliphatic rings. The molecular formula is C16H14Cl2N2O3. The first-order chi connectivity index (χ1) is 10.9. The molecule has 0 bridgehead atoms. The van der Waals surface area contributed by atoms with Crippen molar-refractivity contribution < 1.29 is 14.3 Å². The predicted octanol–water partition coefficient (Wildman–Crippen LogP) is 3.76. The highest BCUT2D eigenvalue weighted by Crippen LogP contribution is 2.20. The molecule has 0 unspecified atom stereocenters. The largest absolute Gasteiger partial charge is 0.449 e. The van der Waals surface area contributed by atoms with E-state index < -0.39 is 18.0 Å². The number of halogens is 2. The number of hydrogen-bond donors (Lipinski definition) is 2. The monoisotopic (exact) mass is 352 g/mol. The Hall–Kier alpha value is -2.24. The topological polar surface area (TPSA) is 81.4 Å². The van der Waals surface area contributed by atoms with Crippen molar-refractivity contribution in [2.24, 2.45) is 0 Å². The van der Waals surface area contributed by atoms with Gasteiger partial charge in [-0.2, -0.15) is 0 Å². The molecule has 0 aliphatic carbocycles. The normalized spacial score (nSPS) is 11.6. The maximum atomic E-state index is 12.1. The second-order valence-electron chi connectivity index (χ2n) is 4.78. The average molecular weight is 353 g/mol. The van der Waals surface area contributed by atoms with Crippen LogP contribution in [0.1, 0.15) is 17.3 Å². The van der Waals surface area contributed by atoms with Gasteiger partial charge in [-0.05, 0) is 43.3 Å². The van der Waals surface area contributed by atoms with Crippen molar-refractivity contribution in [2.45, 2.75) is 13.0 Å².